The van der Waals surface area contributed by atoms with Crippen LogP contribution in [0.5, 0.6) is 0 Å². The highest BCUT2D eigenvalue weighted by Gasteiger charge is 2.37. The molecular formula is C15H25NO2. The van der Waals surface area contributed by atoms with E-state index in [1.54, 1.807) is 6.26 Å². The van der Waals surface area contributed by atoms with Gasteiger partial charge in [0.05, 0.1) is 11.9 Å². The summed E-state index contributed by atoms with van der Waals surface area (Å²) in [5.41, 5.74) is 0.108. The van der Waals surface area contributed by atoms with Crippen LogP contribution >= 0.6 is 0 Å². The number of furan rings is 1. The van der Waals surface area contributed by atoms with Crippen LogP contribution in [0.2, 0.25) is 0 Å². The molecule has 0 bridgehead atoms. The molecular weight excluding hydrogens is 226 g/mol. The van der Waals surface area contributed by atoms with Crippen LogP contribution in [0.1, 0.15) is 45.3 Å². The van der Waals surface area contributed by atoms with Crippen LogP contribution in [-0.4, -0.2) is 18.7 Å². The van der Waals surface area contributed by atoms with Crippen molar-refractivity contribution in [3.63, 3.8) is 0 Å². The molecule has 1 N–H and O–H groups in total. The van der Waals surface area contributed by atoms with Crippen LogP contribution in [0.4, 0.5) is 0 Å². The Balaban J connectivity index is 1.69. The third-order valence-corrected chi connectivity index (χ3v) is 3.68. The van der Waals surface area contributed by atoms with Gasteiger partial charge in [-0.25, -0.2) is 0 Å². The minimum Gasteiger partial charge on any atom is -0.467 e. The van der Waals surface area contributed by atoms with E-state index in [1.165, 1.54) is 19.3 Å². The average Bonchev–Trinajstić information content (AvgIpc) is 2.78. The first-order chi connectivity index (χ1) is 8.70. The van der Waals surface area contributed by atoms with Gasteiger partial charge in [0.25, 0.3) is 0 Å². The van der Waals surface area contributed by atoms with Crippen LogP contribution in [0, 0.1) is 5.92 Å². The van der Waals surface area contributed by atoms with Crippen LogP contribution in [0.15, 0.2) is 22.8 Å². The number of hydrogen-bond acceptors (Lipinski definition) is 3. The second-order valence-electron chi connectivity index (χ2n) is 5.75. The summed E-state index contributed by atoms with van der Waals surface area (Å²) in [7, 11) is 0. The molecule has 3 heteroatoms. The smallest absolute Gasteiger partial charge is 0.129 e. The molecule has 1 aliphatic rings. The van der Waals surface area contributed by atoms with E-state index in [1.807, 2.05) is 12.1 Å². The highest BCUT2D eigenvalue weighted by atomic mass is 16.5. The van der Waals surface area contributed by atoms with E-state index in [0.717, 1.165) is 25.3 Å². The lowest BCUT2D eigenvalue weighted by Crippen LogP contribution is -2.42. The molecule has 0 amide bonds. The van der Waals surface area contributed by atoms with E-state index in [2.05, 4.69) is 19.2 Å². The third-order valence-electron chi connectivity index (χ3n) is 3.68. The lowest BCUT2D eigenvalue weighted by Gasteiger charge is -2.41. The lowest BCUT2D eigenvalue weighted by atomic mass is 9.77. The van der Waals surface area contributed by atoms with Crippen LogP contribution < -0.4 is 5.32 Å². The maximum Gasteiger partial charge on any atom is 0.129 e. The molecule has 0 spiro atoms. The van der Waals surface area contributed by atoms with Gasteiger partial charge in [-0.2, -0.15) is 0 Å². The minimum atomic E-state index is 0.108. The Kier molecular flexibility index (Phi) is 4.84. The summed E-state index contributed by atoms with van der Waals surface area (Å²) < 4.78 is 11.4. The van der Waals surface area contributed by atoms with Crippen molar-refractivity contribution < 1.29 is 9.15 Å². The molecule has 18 heavy (non-hydrogen) atoms. The summed E-state index contributed by atoms with van der Waals surface area (Å²) in [6, 6.07) is 3.89. The number of hydrogen-bond donors (Lipinski definition) is 1. The zero-order chi connectivity index (χ0) is 12.8. The molecule has 1 fully saturated rings. The molecule has 0 atom stereocenters. The summed E-state index contributed by atoms with van der Waals surface area (Å²) in [5.74, 6) is 1.64. The molecule has 1 saturated carbocycles. The Morgan fingerprint density at radius 1 is 1.44 bits per heavy atom. The summed E-state index contributed by atoms with van der Waals surface area (Å²) in [6.45, 7) is 7.22. The highest BCUT2D eigenvalue weighted by Crippen LogP contribution is 2.39. The van der Waals surface area contributed by atoms with Gasteiger partial charge in [-0.1, -0.05) is 13.8 Å². The van der Waals surface area contributed by atoms with Gasteiger partial charge in [0.15, 0.2) is 0 Å². The van der Waals surface area contributed by atoms with E-state index in [4.69, 9.17) is 9.15 Å². The topological polar surface area (TPSA) is 34.4 Å². The van der Waals surface area contributed by atoms with Crippen molar-refractivity contribution in [1.82, 2.24) is 5.32 Å². The molecule has 1 aromatic rings. The standard InChI is InChI=1S/C15H25NO2/c1-13(2)11-16-9-8-15(6-4-7-15)18-12-14-5-3-10-17-14/h3,5,10,13,16H,4,6-9,11-12H2,1-2H3. The molecule has 102 valence electrons. The lowest BCUT2D eigenvalue weighted by molar-refractivity contribution is -0.118. The van der Waals surface area contributed by atoms with E-state index in [0.29, 0.717) is 12.5 Å². The first-order valence-electron chi connectivity index (χ1n) is 7.07. The minimum absolute atomic E-state index is 0.108. The molecule has 0 saturated heterocycles. The van der Waals surface area contributed by atoms with Gasteiger partial charge < -0.3 is 14.5 Å². The monoisotopic (exact) mass is 251 g/mol. The van der Waals surface area contributed by atoms with Crippen molar-refractivity contribution in [3.8, 4) is 0 Å². The van der Waals surface area contributed by atoms with Crippen molar-refractivity contribution in [2.75, 3.05) is 13.1 Å². The Labute approximate surface area is 110 Å². The normalized spacial score (nSPS) is 17.9. The fourth-order valence-corrected chi connectivity index (χ4v) is 2.36. The molecule has 1 aliphatic carbocycles. The van der Waals surface area contributed by atoms with Crippen molar-refractivity contribution >= 4 is 0 Å². The maximum atomic E-state index is 6.08. The fourth-order valence-electron chi connectivity index (χ4n) is 2.36. The van der Waals surface area contributed by atoms with Crippen molar-refractivity contribution in [2.45, 2.75) is 51.7 Å². The third kappa shape index (κ3) is 3.85. The van der Waals surface area contributed by atoms with Gasteiger partial charge >= 0.3 is 0 Å². The van der Waals surface area contributed by atoms with Gasteiger partial charge in [0, 0.05) is 0 Å². The zero-order valence-electron chi connectivity index (χ0n) is 11.6. The average molecular weight is 251 g/mol. The Bertz CT molecular complexity index is 328. The summed E-state index contributed by atoms with van der Waals surface area (Å²) in [6.07, 6.45) is 6.49. The van der Waals surface area contributed by atoms with Gasteiger partial charge in [-0.05, 0) is 56.8 Å². The number of nitrogens with one attached hydrogen (secondary N) is 1. The van der Waals surface area contributed by atoms with E-state index >= 15 is 0 Å². The van der Waals surface area contributed by atoms with Crippen molar-refractivity contribution in [3.05, 3.63) is 24.2 Å². The second-order valence-corrected chi connectivity index (χ2v) is 5.75. The molecule has 1 heterocycles. The fraction of sp³-hybridized carbons (Fsp3) is 0.733. The van der Waals surface area contributed by atoms with Gasteiger partial charge in [0.1, 0.15) is 12.4 Å². The Hall–Kier alpha value is -0.800. The maximum absolute atomic E-state index is 6.08. The predicted octanol–water partition coefficient (Wildman–Crippen LogP) is 3.35. The molecule has 0 unspecified atom stereocenters. The van der Waals surface area contributed by atoms with Crippen LogP contribution in [0.25, 0.3) is 0 Å². The zero-order valence-corrected chi connectivity index (χ0v) is 11.6. The van der Waals surface area contributed by atoms with Gasteiger partial charge in [-0.15, -0.1) is 0 Å². The number of ether oxygens (including phenoxy) is 1. The van der Waals surface area contributed by atoms with Gasteiger partial charge in [0.2, 0.25) is 0 Å². The van der Waals surface area contributed by atoms with Crippen molar-refractivity contribution in [1.29, 1.82) is 0 Å². The number of rotatable bonds is 8. The molecule has 0 aliphatic heterocycles. The molecule has 0 aromatic carbocycles. The van der Waals surface area contributed by atoms with E-state index < -0.39 is 0 Å². The highest BCUT2D eigenvalue weighted by molar-refractivity contribution is 4.98. The first-order valence-corrected chi connectivity index (χ1v) is 7.07. The molecule has 2 rings (SSSR count). The molecule has 1 aromatic heterocycles. The SMILES string of the molecule is CC(C)CNCCC1(OCc2ccco2)CCC1. The van der Waals surface area contributed by atoms with Crippen LogP contribution in [-0.2, 0) is 11.3 Å². The van der Waals surface area contributed by atoms with E-state index in [-0.39, 0.29) is 5.60 Å². The summed E-state index contributed by atoms with van der Waals surface area (Å²) >= 11 is 0. The Morgan fingerprint density at radius 3 is 2.83 bits per heavy atom. The first kappa shape index (κ1) is 13.6. The molecule has 0 radical (unpaired) electrons. The largest absolute Gasteiger partial charge is 0.467 e. The second kappa shape index (κ2) is 6.39. The van der Waals surface area contributed by atoms with Crippen LogP contribution in [0.3, 0.4) is 0 Å². The Morgan fingerprint density at radius 2 is 2.28 bits per heavy atom. The predicted molar refractivity (Wildman–Crippen MR) is 72.4 cm³/mol. The van der Waals surface area contributed by atoms with Gasteiger partial charge in [-0.3, -0.25) is 0 Å². The summed E-state index contributed by atoms with van der Waals surface area (Å²) in [5, 5.41) is 3.50. The van der Waals surface area contributed by atoms with Crippen molar-refractivity contribution in [2.24, 2.45) is 5.92 Å². The molecule has 3 nitrogen and oxygen atoms in total. The quantitative estimate of drug-likeness (QED) is 0.719. The van der Waals surface area contributed by atoms with E-state index in [9.17, 15) is 0 Å². The summed E-state index contributed by atoms with van der Waals surface area (Å²) in [4.78, 5) is 0.